The number of fused-ring (bicyclic) bond motifs is 5. The Hall–Kier alpha value is -0.0400. The lowest BCUT2D eigenvalue weighted by molar-refractivity contribution is -0.129. The van der Waals surface area contributed by atoms with Crippen molar-refractivity contribution in [2.24, 2.45) is 64.1 Å². The van der Waals surface area contributed by atoms with E-state index in [1.807, 2.05) is 0 Å². The molecule has 0 aromatic heterocycles. The predicted octanol–water partition coefficient (Wildman–Crippen LogP) is 7.96. The second-order valence-corrected chi connectivity index (χ2v) is 13.6. The molecule has 11 atom stereocenters. The van der Waals surface area contributed by atoms with Crippen LogP contribution in [-0.2, 0) is 0 Å². The van der Waals surface area contributed by atoms with Gasteiger partial charge in [0.2, 0.25) is 0 Å². The normalized spacial score (nSPS) is 49.1. The van der Waals surface area contributed by atoms with Crippen molar-refractivity contribution in [3.63, 3.8) is 0 Å². The first kappa shape index (κ1) is 23.1. The molecule has 4 aliphatic rings. The Morgan fingerprint density at radius 1 is 0.800 bits per heavy atom. The van der Waals surface area contributed by atoms with Gasteiger partial charge in [-0.1, -0.05) is 48.5 Å². The van der Waals surface area contributed by atoms with Crippen LogP contribution in [0.1, 0.15) is 113 Å². The molecule has 0 bridgehead atoms. The fraction of sp³-hybridized carbons (Fsp3) is 1.00. The summed E-state index contributed by atoms with van der Waals surface area (Å²) in [5, 5.41) is 10.3. The van der Waals surface area contributed by atoms with Gasteiger partial charge in [0.1, 0.15) is 0 Å². The molecule has 4 fully saturated rings. The van der Waals surface area contributed by atoms with E-state index in [0.29, 0.717) is 10.8 Å². The number of hydrogen-bond donors (Lipinski definition) is 1. The zero-order chi connectivity index (χ0) is 21.8. The SMILES string of the molecule is CC(C)[C@@H](C)[C@@H](C)C[C@@H](C)C1CCC2C3CC[C@H]4C[C@@H](O)CC[C@]4(C)C3CC[C@@]21C. The Morgan fingerprint density at radius 3 is 2.17 bits per heavy atom. The molecule has 0 amide bonds. The fourth-order valence-electron chi connectivity index (χ4n) is 9.83. The quantitative estimate of drug-likeness (QED) is 0.482. The lowest BCUT2D eigenvalue weighted by Crippen LogP contribution is -2.54. The number of rotatable bonds is 5. The molecule has 0 radical (unpaired) electrons. The molecule has 4 rings (SSSR count). The summed E-state index contributed by atoms with van der Waals surface area (Å²) in [5.41, 5.74) is 1.12. The predicted molar refractivity (Wildman–Crippen MR) is 128 cm³/mol. The summed E-state index contributed by atoms with van der Waals surface area (Å²) in [6.45, 7) is 17.8. The molecule has 1 heteroatoms. The van der Waals surface area contributed by atoms with Gasteiger partial charge in [0.25, 0.3) is 0 Å². The third-order valence-corrected chi connectivity index (χ3v) is 12.1. The smallest absolute Gasteiger partial charge is 0.0543 e. The zero-order valence-electron chi connectivity index (χ0n) is 21.3. The van der Waals surface area contributed by atoms with Crippen LogP contribution < -0.4 is 0 Å². The van der Waals surface area contributed by atoms with Crippen molar-refractivity contribution in [3.05, 3.63) is 0 Å². The standard InChI is InChI=1S/C29H52O/c1-18(2)21(5)19(3)16-20(4)25-10-11-26-24-9-8-22-17-23(30)12-14-28(22,6)27(24)13-15-29(25,26)7/h18-27,30H,8-17H2,1-7H3/t19-,20+,21+,22-,23-,24?,25?,26?,27?,28-,29+/m0/s1. The van der Waals surface area contributed by atoms with Crippen molar-refractivity contribution < 1.29 is 5.11 Å². The molecule has 0 aliphatic heterocycles. The lowest BCUT2D eigenvalue weighted by Gasteiger charge is -2.61. The molecule has 0 saturated heterocycles. The Bertz CT molecular complexity index is 597. The second kappa shape index (κ2) is 8.39. The van der Waals surface area contributed by atoms with Crippen LogP contribution in [0.15, 0.2) is 0 Å². The molecular weight excluding hydrogens is 364 g/mol. The molecule has 4 aliphatic carbocycles. The van der Waals surface area contributed by atoms with Gasteiger partial charge in [-0.05, 0) is 128 Å². The third-order valence-electron chi connectivity index (χ3n) is 12.1. The highest BCUT2D eigenvalue weighted by atomic mass is 16.3. The Balaban J connectivity index is 1.47. The first-order valence-corrected chi connectivity index (χ1v) is 13.8. The monoisotopic (exact) mass is 416 g/mol. The minimum Gasteiger partial charge on any atom is -0.393 e. The summed E-state index contributed by atoms with van der Waals surface area (Å²) in [6, 6.07) is 0. The van der Waals surface area contributed by atoms with Gasteiger partial charge in [-0.25, -0.2) is 0 Å². The van der Waals surface area contributed by atoms with E-state index in [2.05, 4.69) is 48.5 Å². The van der Waals surface area contributed by atoms with E-state index in [-0.39, 0.29) is 6.10 Å². The van der Waals surface area contributed by atoms with E-state index in [1.54, 1.807) is 0 Å². The van der Waals surface area contributed by atoms with Crippen molar-refractivity contribution in [1.29, 1.82) is 0 Å². The number of aliphatic hydroxyl groups excluding tert-OH is 1. The highest BCUT2D eigenvalue weighted by Gasteiger charge is 2.60. The maximum absolute atomic E-state index is 10.3. The van der Waals surface area contributed by atoms with Gasteiger partial charge >= 0.3 is 0 Å². The van der Waals surface area contributed by atoms with E-state index < -0.39 is 0 Å². The summed E-state index contributed by atoms with van der Waals surface area (Å²) < 4.78 is 0. The summed E-state index contributed by atoms with van der Waals surface area (Å²) >= 11 is 0. The molecular formula is C29H52O. The molecule has 1 N–H and O–H groups in total. The Kier molecular flexibility index (Phi) is 6.47. The van der Waals surface area contributed by atoms with Crippen LogP contribution in [0, 0.1) is 64.1 Å². The molecule has 0 spiro atoms. The first-order chi connectivity index (χ1) is 14.1. The van der Waals surface area contributed by atoms with E-state index in [1.165, 1.54) is 51.4 Å². The van der Waals surface area contributed by atoms with Crippen LogP contribution >= 0.6 is 0 Å². The van der Waals surface area contributed by atoms with Gasteiger partial charge < -0.3 is 5.11 Å². The lowest BCUT2D eigenvalue weighted by atomic mass is 9.44. The highest BCUT2D eigenvalue weighted by molar-refractivity contribution is 5.09. The van der Waals surface area contributed by atoms with E-state index in [0.717, 1.165) is 66.1 Å². The maximum atomic E-state index is 10.3. The molecule has 0 aromatic rings. The van der Waals surface area contributed by atoms with Crippen LogP contribution in [0.4, 0.5) is 0 Å². The van der Waals surface area contributed by atoms with E-state index in [4.69, 9.17) is 0 Å². The molecule has 4 unspecified atom stereocenters. The summed E-state index contributed by atoms with van der Waals surface area (Å²) in [5.74, 6) is 8.01. The van der Waals surface area contributed by atoms with Crippen LogP contribution in [0.3, 0.4) is 0 Å². The van der Waals surface area contributed by atoms with Gasteiger partial charge in [-0.15, -0.1) is 0 Å². The zero-order valence-corrected chi connectivity index (χ0v) is 21.3. The largest absolute Gasteiger partial charge is 0.393 e. The summed E-state index contributed by atoms with van der Waals surface area (Å²) in [7, 11) is 0. The van der Waals surface area contributed by atoms with Crippen molar-refractivity contribution in [2.75, 3.05) is 0 Å². The van der Waals surface area contributed by atoms with Crippen LogP contribution in [0.5, 0.6) is 0 Å². The van der Waals surface area contributed by atoms with Gasteiger partial charge in [-0.3, -0.25) is 0 Å². The van der Waals surface area contributed by atoms with Gasteiger partial charge in [-0.2, -0.15) is 0 Å². The molecule has 0 aromatic carbocycles. The highest BCUT2D eigenvalue weighted by Crippen LogP contribution is 2.68. The molecule has 174 valence electrons. The molecule has 1 nitrogen and oxygen atoms in total. The Labute approximate surface area is 188 Å². The third kappa shape index (κ3) is 3.72. The summed E-state index contributed by atoms with van der Waals surface area (Å²) in [4.78, 5) is 0. The maximum Gasteiger partial charge on any atom is 0.0543 e. The minimum absolute atomic E-state index is 0.0135. The van der Waals surface area contributed by atoms with E-state index in [9.17, 15) is 5.11 Å². The topological polar surface area (TPSA) is 20.2 Å². The van der Waals surface area contributed by atoms with Gasteiger partial charge in [0.05, 0.1) is 6.10 Å². The molecule has 4 saturated carbocycles. The van der Waals surface area contributed by atoms with Crippen LogP contribution in [-0.4, -0.2) is 11.2 Å². The van der Waals surface area contributed by atoms with Crippen molar-refractivity contribution in [2.45, 2.75) is 119 Å². The van der Waals surface area contributed by atoms with Crippen molar-refractivity contribution >= 4 is 0 Å². The van der Waals surface area contributed by atoms with Gasteiger partial charge in [0, 0.05) is 0 Å². The van der Waals surface area contributed by atoms with E-state index >= 15 is 0 Å². The van der Waals surface area contributed by atoms with Crippen molar-refractivity contribution in [3.8, 4) is 0 Å². The van der Waals surface area contributed by atoms with Gasteiger partial charge in [0.15, 0.2) is 0 Å². The molecule has 0 heterocycles. The summed E-state index contributed by atoms with van der Waals surface area (Å²) in [6.07, 6.45) is 13.7. The van der Waals surface area contributed by atoms with Crippen molar-refractivity contribution in [1.82, 2.24) is 0 Å². The molecule has 30 heavy (non-hydrogen) atoms. The van der Waals surface area contributed by atoms with Crippen LogP contribution in [0.2, 0.25) is 0 Å². The number of hydrogen-bond acceptors (Lipinski definition) is 1. The van der Waals surface area contributed by atoms with Crippen LogP contribution in [0.25, 0.3) is 0 Å². The second-order valence-electron chi connectivity index (χ2n) is 13.6. The number of aliphatic hydroxyl groups is 1. The fourth-order valence-corrected chi connectivity index (χ4v) is 9.83. The average Bonchev–Trinajstić information content (AvgIpc) is 3.05. The first-order valence-electron chi connectivity index (χ1n) is 13.8. The average molecular weight is 417 g/mol. The Morgan fingerprint density at radius 2 is 1.47 bits per heavy atom. The minimum atomic E-state index is -0.0135.